The summed E-state index contributed by atoms with van der Waals surface area (Å²) in [5.74, 6) is 5.71. The van der Waals surface area contributed by atoms with Gasteiger partial charge in [-0.15, -0.1) is 0 Å². The molecule has 0 fully saturated rings. The van der Waals surface area contributed by atoms with Gasteiger partial charge in [0, 0.05) is 0 Å². The molecule has 4 N–H and O–H groups in total. The molecule has 0 bridgehead atoms. The second kappa shape index (κ2) is 3.86. The normalized spacial score (nSPS) is 11.4. The average molecular weight is 195 g/mol. The van der Waals surface area contributed by atoms with Gasteiger partial charge in [-0.1, -0.05) is 12.1 Å². The summed E-state index contributed by atoms with van der Waals surface area (Å²) in [6, 6.07) is 7.30. The lowest BCUT2D eigenvalue weighted by Gasteiger charge is -2.27. The molecule has 0 unspecified atom stereocenters. The minimum atomic E-state index is -0.336. The molecule has 0 aromatic heterocycles. The second-order valence-electron chi connectivity index (χ2n) is 4.09. The van der Waals surface area contributed by atoms with E-state index in [1.807, 2.05) is 32.9 Å². The molecule has 1 aromatic carbocycles. The molecule has 0 heterocycles. The van der Waals surface area contributed by atoms with E-state index in [9.17, 15) is 0 Å². The van der Waals surface area contributed by atoms with E-state index in [4.69, 9.17) is 16.4 Å². The first kappa shape index (κ1) is 10.8. The molecule has 0 aliphatic heterocycles. The van der Waals surface area contributed by atoms with Gasteiger partial charge in [0.1, 0.15) is 5.69 Å². The Balaban J connectivity index is 2.80. The summed E-state index contributed by atoms with van der Waals surface area (Å²) < 4.78 is 0. The number of benzene rings is 1. The predicted octanol–water partition coefficient (Wildman–Crippen LogP) is 1.68. The summed E-state index contributed by atoms with van der Waals surface area (Å²) >= 11 is 0. The molecule has 1 rings (SSSR count). The van der Waals surface area contributed by atoms with E-state index in [1.54, 1.807) is 12.1 Å². The van der Waals surface area contributed by atoms with Crippen LogP contribution in [0.1, 0.15) is 20.8 Å². The van der Waals surface area contributed by atoms with Gasteiger partial charge in [0.25, 0.3) is 0 Å². The van der Waals surface area contributed by atoms with E-state index in [-0.39, 0.29) is 5.60 Å². The van der Waals surface area contributed by atoms with Crippen molar-refractivity contribution in [2.75, 3.05) is 10.9 Å². The third kappa shape index (κ3) is 2.90. The Morgan fingerprint density at radius 2 is 1.79 bits per heavy atom. The average Bonchev–Trinajstić information content (AvgIpc) is 2.01. The van der Waals surface area contributed by atoms with Crippen molar-refractivity contribution in [3.05, 3.63) is 24.3 Å². The maximum atomic E-state index is 5.74. The van der Waals surface area contributed by atoms with Crippen molar-refractivity contribution in [2.24, 2.45) is 5.84 Å². The Labute approximate surface area is 84.4 Å². The van der Waals surface area contributed by atoms with Crippen LogP contribution in [0.4, 0.5) is 11.4 Å². The largest absolute Gasteiger partial charge is 0.397 e. The summed E-state index contributed by atoms with van der Waals surface area (Å²) in [6.45, 7) is 5.77. The fraction of sp³-hybridized carbons (Fsp3) is 0.400. The van der Waals surface area contributed by atoms with Gasteiger partial charge in [-0.25, -0.2) is 5.84 Å². The van der Waals surface area contributed by atoms with Crippen molar-refractivity contribution in [1.29, 1.82) is 0 Å². The fourth-order valence-corrected chi connectivity index (χ4v) is 1.03. The first-order valence-electron chi connectivity index (χ1n) is 4.48. The van der Waals surface area contributed by atoms with Crippen LogP contribution in [0, 0.1) is 0 Å². The Morgan fingerprint density at radius 3 is 2.29 bits per heavy atom. The zero-order valence-electron chi connectivity index (χ0n) is 8.82. The molecular formula is C10H17N3O. The van der Waals surface area contributed by atoms with E-state index >= 15 is 0 Å². The maximum Gasteiger partial charge on any atom is 0.105 e. The van der Waals surface area contributed by atoms with E-state index < -0.39 is 0 Å². The highest BCUT2D eigenvalue weighted by molar-refractivity contribution is 5.65. The number of para-hydroxylation sites is 2. The number of nitrogens with zero attached hydrogens (tertiary/aromatic N) is 1. The van der Waals surface area contributed by atoms with E-state index in [0.717, 1.165) is 0 Å². The number of hydrogen-bond donors (Lipinski definition) is 2. The number of rotatable bonds is 2. The van der Waals surface area contributed by atoms with Gasteiger partial charge in [0.2, 0.25) is 0 Å². The van der Waals surface area contributed by atoms with Crippen LogP contribution in [-0.2, 0) is 4.84 Å². The Kier molecular flexibility index (Phi) is 2.98. The molecule has 0 saturated carbocycles. The molecule has 0 radical (unpaired) electrons. The van der Waals surface area contributed by atoms with Gasteiger partial charge < -0.3 is 5.73 Å². The van der Waals surface area contributed by atoms with Crippen molar-refractivity contribution in [3.8, 4) is 0 Å². The standard InChI is InChI=1S/C10H17N3O/c1-10(2,3)14-13(12)9-7-5-4-6-8(9)11/h4-7H,11-12H2,1-3H3. The predicted molar refractivity (Wildman–Crippen MR) is 58.4 cm³/mol. The van der Waals surface area contributed by atoms with Gasteiger partial charge in [0.05, 0.1) is 11.3 Å². The van der Waals surface area contributed by atoms with Gasteiger partial charge in [0.15, 0.2) is 0 Å². The topological polar surface area (TPSA) is 64.5 Å². The molecule has 14 heavy (non-hydrogen) atoms. The van der Waals surface area contributed by atoms with Crippen LogP contribution in [0.15, 0.2) is 24.3 Å². The van der Waals surface area contributed by atoms with Crippen LogP contribution in [0.3, 0.4) is 0 Å². The van der Waals surface area contributed by atoms with Crippen LogP contribution in [0.2, 0.25) is 0 Å². The highest BCUT2D eigenvalue weighted by atomic mass is 16.7. The van der Waals surface area contributed by atoms with Gasteiger partial charge in [-0.05, 0) is 32.9 Å². The molecule has 1 aromatic rings. The first-order valence-corrected chi connectivity index (χ1v) is 4.48. The van der Waals surface area contributed by atoms with Crippen molar-refractivity contribution >= 4 is 11.4 Å². The SMILES string of the molecule is CC(C)(C)ON(N)c1ccccc1N. The molecule has 0 spiro atoms. The number of hydrazine groups is 1. The zero-order valence-corrected chi connectivity index (χ0v) is 8.82. The van der Waals surface area contributed by atoms with Crippen molar-refractivity contribution < 1.29 is 4.84 Å². The number of nitrogens with two attached hydrogens (primary N) is 2. The smallest absolute Gasteiger partial charge is 0.105 e. The van der Waals surface area contributed by atoms with Crippen molar-refractivity contribution in [2.45, 2.75) is 26.4 Å². The highest BCUT2D eigenvalue weighted by Crippen LogP contribution is 2.22. The summed E-state index contributed by atoms with van der Waals surface area (Å²) in [6.07, 6.45) is 0. The van der Waals surface area contributed by atoms with E-state index in [2.05, 4.69) is 0 Å². The number of nitrogen functional groups attached to an aromatic ring is 1. The molecule has 0 aliphatic rings. The minimum absolute atomic E-state index is 0.336. The Hall–Kier alpha value is -1.26. The summed E-state index contributed by atoms with van der Waals surface area (Å²) in [7, 11) is 0. The third-order valence-corrected chi connectivity index (χ3v) is 1.55. The molecule has 0 aliphatic carbocycles. The summed E-state index contributed by atoms with van der Waals surface area (Å²) in [5, 5.41) is 1.20. The Morgan fingerprint density at radius 1 is 1.21 bits per heavy atom. The quantitative estimate of drug-likeness (QED) is 0.428. The molecule has 0 saturated heterocycles. The summed E-state index contributed by atoms with van der Waals surface area (Å²) in [4.78, 5) is 5.44. The van der Waals surface area contributed by atoms with E-state index in [0.29, 0.717) is 11.4 Å². The lowest BCUT2D eigenvalue weighted by Crippen LogP contribution is -2.39. The molecule has 0 amide bonds. The first-order chi connectivity index (χ1) is 6.40. The van der Waals surface area contributed by atoms with Crippen LogP contribution in [0.5, 0.6) is 0 Å². The lowest BCUT2D eigenvalue weighted by molar-refractivity contribution is -0.0212. The van der Waals surface area contributed by atoms with E-state index in [1.165, 1.54) is 5.17 Å². The van der Waals surface area contributed by atoms with Gasteiger partial charge >= 0.3 is 0 Å². The molecule has 4 heteroatoms. The second-order valence-corrected chi connectivity index (χ2v) is 4.09. The monoisotopic (exact) mass is 195 g/mol. The van der Waals surface area contributed by atoms with Gasteiger partial charge in [-0.3, -0.25) is 4.84 Å². The fourth-order valence-electron chi connectivity index (χ4n) is 1.03. The van der Waals surface area contributed by atoms with Crippen molar-refractivity contribution in [3.63, 3.8) is 0 Å². The van der Waals surface area contributed by atoms with Crippen molar-refractivity contribution in [1.82, 2.24) is 0 Å². The molecule has 0 atom stereocenters. The minimum Gasteiger partial charge on any atom is -0.397 e. The lowest BCUT2D eigenvalue weighted by atomic mass is 10.2. The van der Waals surface area contributed by atoms with Crippen LogP contribution in [0.25, 0.3) is 0 Å². The maximum absolute atomic E-state index is 5.74. The third-order valence-electron chi connectivity index (χ3n) is 1.55. The molecule has 4 nitrogen and oxygen atoms in total. The highest BCUT2D eigenvalue weighted by Gasteiger charge is 2.16. The molecular weight excluding hydrogens is 178 g/mol. The molecule has 78 valence electrons. The van der Waals surface area contributed by atoms with Crippen LogP contribution < -0.4 is 16.7 Å². The summed E-state index contributed by atoms with van der Waals surface area (Å²) in [5.41, 5.74) is 6.67. The van der Waals surface area contributed by atoms with Crippen LogP contribution >= 0.6 is 0 Å². The number of anilines is 2. The zero-order chi connectivity index (χ0) is 10.8. The van der Waals surface area contributed by atoms with Gasteiger partial charge in [-0.2, -0.15) is 5.17 Å². The van der Waals surface area contributed by atoms with Crippen LogP contribution in [-0.4, -0.2) is 5.60 Å². The Bertz CT molecular complexity index is 306. The number of hydrogen-bond acceptors (Lipinski definition) is 4.